The number of hydrogen-bond acceptors (Lipinski definition) is 3. The van der Waals surface area contributed by atoms with Crippen molar-refractivity contribution in [2.45, 2.75) is 11.8 Å². The van der Waals surface area contributed by atoms with E-state index < -0.39 is 28.0 Å². The number of rotatable bonds is 4. The summed E-state index contributed by atoms with van der Waals surface area (Å²) in [5.41, 5.74) is 0. The number of benzene rings is 1. The number of pyridine rings is 1. The number of ether oxygens (including phenoxy) is 1. The molecule has 1 atom stereocenters. The zero-order valence-corrected chi connectivity index (χ0v) is 12.8. The quantitative estimate of drug-likeness (QED) is 0.822. The van der Waals surface area contributed by atoms with Gasteiger partial charge in [0.05, 0.1) is 11.0 Å². The highest BCUT2D eigenvalue weighted by atomic mass is 79.9. The molecule has 4 nitrogen and oxygen atoms in total. The number of carbonyl (C=O) groups is 1. The lowest BCUT2D eigenvalue weighted by molar-refractivity contribution is -0.115. The molecule has 0 saturated carbocycles. The highest BCUT2D eigenvalue weighted by molar-refractivity contribution is 9.10. The van der Waals surface area contributed by atoms with Gasteiger partial charge in [0.2, 0.25) is 5.91 Å². The number of nitrogens with zero attached hydrogens (tertiary/aromatic N) is 1. The summed E-state index contributed by atoms with van der Waals surface area (Å²) in [6.45, 7) is 1.65. The van der Waals surface area contributed by atoms with Crippen LogP contribution in [0.1, 0.15) is 6.92 Å². The third-order valence-corrected chi connectivity index (χ3v) is 2.95. The van der Waals surface area contributed by atoms with Crippen LogP contribution in [0.3, 0.4) is 0 Å². The summed E-state index contributed by atoms with van der Waals surface area (Å²) in [5.74, 6) is -4.10. The summed E-state index contributed by atoms with van der Waals surface area (Å²) in [6.07, 6.45) is 1.18. The molecule has 0 radical (unpaired) electrons. The SMILES string of the molecule is CC(Br)C(=O)Nc1ccc(Oc2c(F)cc(F)cc2F)cn1. The molecule has 0 spiro atoms. The Morgan fingerprint density at radius 3 is 2.41 bits per heavy atom. The predicted octanol–water partition coefficient (Wildman–Crippen LogP) is 4.01. The normalized spacial score (nSPS) is 11.9. The van der Waals surface area contributed by atoms with Crippen molar-refractivity contribution in [3.8, 4) is 11.5 Å². The molecule has 8 heteroatoms. The highest BCUT2D eigenvalue weighted by Gasteiger charge is 2.14. The van der Waals surface area contributed by atoms with Crippen molar-refractivity contribution < 1.29 is 22.7 Å². The standard InChI is InChI=1S/C14H10BrF3N2O2/c1-7(15)14(21)20-12-3-2-9(6-19-12)22-13-10(17)4-8(16)5-11(13)18/h2-7H,1H3,(H,19,20,21). The second kappa shape index (κ2) is 6.78. The molecule has 22 heavy (non-hydrogen) atoms. The van der Waals surface area contributed by atoms with Crippen molar-refractivity contribution >= 4 is 27.7 Å². The second-order valence-electron chi connectivity index (χ2n) is 4.29. The number of halogens is 4. The Morgan fingerprint density at radius 1 is 1.27 bits per heavy atom. The predicted molar refractivity (Wildman–Crippen MR) is 77.6 cm³/mol. The molecule has 1 amide bonds. The number of hydrogen-bond donors (Lipinski definition) is 1. The Morgan fingerprint density at radius 2 is 1.91 bits per heavy atom. The average molecular weight is 375 g/mol. The first-order chi connectivity index (χ1) is 10.4. The van der Waals surface area contributed by atoms with Crippen LogP contribution in [0.15, 0.2) is 30.5 Å². The van der Waals surface area contributed by atoms with E-state index >= 15 is 0 Å². The van der Waals surface area contributed by atoms with Crippen LogP contribution in [0, 0.1) is 17.5 Å². The van der Waals surface area contributed by atoms with Crippen LogP contribution in [0.2, 0.25) is 0 Å². The van der Waals surface area contributed by atoms with E-state index in [2.05, 4.69) is 26.2 Å². The number of aromatic nitrogens is 1. The smallest absolute Gasteiger partial charge is 0.239 e. The van der Waals surface area contributed by atoms with Gasteiger partial charge in [-0.3, -0.25) is 4.79 Å². The number of anilines is 1. The molecule has 0 aliphatic carbocycles. The zero-order chi connectivity index (χ0) is 16.3. The van der Waals surface area contributed by atoms with E-state index in [1.54, 1.807) is 6.92 Å². The topological polar surface area (TPSA) is 51.2 Å². The molecule has 2 aromatic rings. The molecule has 116 valence electrons. The van der Waals surface area contributed by atoms with Gasteiger partial charge in [-0.2, -0.15) is 0 Å². The lowest BCUT2D eigenvalue weighted by Crippen LogP contribution is -2.20. The fraction of sp³-hybridized carbons (Fsp3) is 0.143. The van der Waals surface area contributed by atoms with Gasteiger partial charge in [0.15, 0.2) is 17.4 Å². The van der Waals surface area contributed by atoms with Crippen LogP contribution in [0.5, 0.6) is 11.5 Å². The minimum atomic E-state index is -1.16. The molecule has 0 saturated heterocycles. The number of nitrogens with one attached hydrogen (secondary N) is 1. The summed E-state index contributed by atoms with van der Waals surface area (Å²) >= 11 is 3.10. The third kappa shape index (κ3) is 3.97. The molecular formula is C14H10BrF3N2O2. The maximum atomic E-state index is 13.4. The van der Waals surface area contributed by atoms with Gasteiger partial charge < -0.3 is 10.1 Å². The van der Waals surface area contributed by atoms with Gasteiger partial charge in [0.1, 0.15) is 17.4 Å². The number of carbonyl (C=O) groups excluding carboxylic acids is 1. The third-order valence-electron chi connectivity index (χ3n) is 2.53. The average Bonchev–Trinajstić information content (AvgIpc) is 2.44. The monoisotopic (exact) mass is 374 g/mol. The minimum absolute atomic E-state index is 0.0364. The van der Waals surface area contributed by atoms with E-state index in [1.165, 1.54) is 18.3 Å². The van der Waals surface area contributed by atoms with Crippen molar-refractivity contribution in [2.24, 2.45) is 0 Å². The lowest BCUT2D eigenvalue weighted by Gasteiger charge is -2.09. The van der Waals surface area contributed by atoms with Crippen LogP contribution in [-0.2, 0) is 4.79 Å². The van der Waals surface area contributed by atoms with Gasteiger partial charge in [-0.15, -0.1) is 0 Å². The van der Waals surface area contributed by atoms with Gasteiger partial charge in [0, 0.05) is 12.1 Å². The largest absolute Gasteiger partial charge is 0.450 e. The Kier molecular flexibility index (Phi) is 5.02. The van der Waals surface area contributed by atoms with Crippen LogP contribution in [-0.4, -0.2) is 15.7 Å². The van der Waals surface area contributed by atoms with Gasteiger partial charge in [-0.05, 0) is 19.1 Å². The van der Waals surface area contributed by atoms with E-state index in [4.69, 9.17) is 4.74 Å². The molecule has 1 heterocycles. The van der Waals surface area contributed by atoms with Gasteiger partial charge in [-0.1, -0.05) is 15.9 Å². The first kappa shape index (κ1) is 16.3. The summed E-state index contributed by atoms with van der Waals surface area (Å²) < 4.78 is 44.7. The Labute approximate surface area is 132 Å². The maximum Gasteiger partial charge on any atom is 0.239 e. The summed E-state index contributed by atoms with van der Waals surface area (Å²) in [4.78, 5) is 14.9. The van der Waals surface area contributed by atoms with E-state index in [0.29, 0.717) is 12.1 Å². The highest BCUT2D eigenvalue weighted by Crippen LogP contribution is 2.28. The molecule has 2 rings (SSSR count). The number of alkyl halides is 1. The second-order valence-corrected chi connectivity index (χ2v) is 5.66. The van der Waals surface area contributed by atoms with E-state index in [0.717, 1.165) is 0 Å². The first-order valence-electron chi connectivity index (χ1n) is 6.10. The molecule has 1 aromatic carbocycles. The Bertz CT molecular complexity index is 670. The van der Waals surface area contributed by atoms with Crippen molar-refractivity contribution in [3.63, 3.8) is 0 Å². The van der Waals surface area contributed by atoms with E-state index in [-0.39, 0.29) is 17.5 Å². The molecular weight excluding hydrogens is 365 g/mol. The van der Waals surface area contributed by atoms with E-state index in [9.17, 15) is 18.0 Å². The van der Waals surface area contributed by atoms with Gasteiger partial charge in [0.25, 0.3) is 0 Å². The van der Waals surface area contributed by atoms with Crippen LogP contribution < -0.4 is 10.1 Å². The summed E-state index contributed by atoms with van der Waals surface area (Å²) in [7, 11) is 0. The maximum absolute atomic E-state index is 13.4. The minimum Gasteiger partial charge on any atom is -0.450 e. The zero-order valence-electron chi connectivity index (χ0n) is 11.2. The molecule has 0 aliphatic rings. The van der Waals surface area contributed by atoms with Crippen molar-refractivity contribution in [1.29, 1.82) is 0 Å². The molecule has 1 unspecified atom stereocenters. The van der Waals surface area contributed by atoms with Crippen LogP contribution in [0.25, 0.3) is 0 Å². The molecule has 0 bridgehead atoms. The van der Waals surface area contributed by atoms with Gasteiger partial charge >= 0.3 is 0 Å². The van der Waals surface area contributed by atoms with Crippen LogP contribution in [0.4, 0.5) is 19.0 Å². The van der Waals surface area contributed by atoms with E-state index in [1.807, 2.05) is 0 Å². The molecule has 1 aromatic heterocycles. The van der Waals surface area contributed by atoms with Crippen LogP contribution >= 0.6 is 15.9 Å². The Balaban J connectivity index is 2.14. The molecule has 1 N–H and O–H groups in total. The molecule has 0 aliphatic heterocycles. The summed E-state index contributed by atoms with van der Waals surface area (Å²) in [5, 5.41) is 2.51. The Hall–Kier alpha value is -2.09. The number of amides is 1. The summed E-state index contributed by atoms with van der Waals surface area (Å²) in [6, 6.07) is 3.79. The van der Waals surface area contributed by atoms with Crippen molar-refractivity contribution in [1.82, 2.24) is 4.98 Å². The van der Waals surface area contributed by atoms with Gasteiger partial charge in [-0.25, -0.2) is 18.2 Å². The fourth-order valence-electron chi connectivity index (χ4n) is 1.48. The van der Waals surface area contributed by atoms with Crippen molar-refractivity contribution in [2.75, 3.05) is 5.32 Å². The lowest BCUT2D eigenvalue weighted by atomic mass is 10.3. The molecule has 0 fully saturated rings. The first-order valence-corrected chi connectivity index (χ1v) is 7.02. The van der Waals surface area contributed by atoms with Crippen molar-refractivity contribution in [3.05, 3.63) is 47.9 Å². The fourth-order valence-corrected chi connectivity index (χ4v) is 1.60.